The number of methoxy groups -OCH3 is 1. The Morgan fingerprint density at radius 1 is 1.07 bits per heavy atom. The number of carbonyl (C=O) groups is 2. The fourth-order valence-electron chi connectivity index (χ4n) is 2.66. The molecule has 0 atom stereocenters. The van der Waals surface area contributed by atoms with Gasteiger partial charge in [0.05, 0.1) is 17.6 Å². The SMILES string of the molecule is CCc1ccc(CC)c(C(=O)COC(=O)c2ccc(OC)c([N+](=O)[O-])c2)c1. The van der Waals surface area contributed by atoms with Crippen LogP contribution < -0.4 is 4.74 Å². The quantitative estimate of drug-likeness (QED) is 0.303. The minimum atomic E-state index is -0.807. The number of Topliss-reactive ketones (excluding diaryl/α,β-unsaturated/α-hetero) is 1. The van der Waals surface area contributed by atoms with Gasteiger partial charge < -0.3 is 9.47 Å². The number of benzene rings is 2. The van der Waals surface area contributed by atoms with Crippen molar-refractivity contribution < 1.29 is 24.0 Å². The first kappa shape index (κ1) is 20.1. The van der Waals surface area contributed by atoms with Crippen LogP contribution in [0.5, 0.6) is 5.75 Å². The highest BCUT2D eigenvalue weighted by Crippen LogP contribution is 2.27. The number of hydrogen-bond acceptors (Lipinski definition) is 6. The van der Waals surface area contributed by atoms with Crippen molar-refractivity contribution in [2.75, 3.05) is 13.7 Å². The van der Waals surface area contributed by atoms with Crippen molar-refractivity contribution in [3.05, 3.63) is 68.8 Å². The van der Waals surface area contributed by atoms with Gasteiger partial charge in [0, 0.05) is 11.6 Å². The number of nitrogens with zero attached hydrogens (tertiary/aromatic N) is 1. The summed E-state index contributed by atoms with van der Waals surface area (Å²) in [6.45, 7) is 3.50. The van der Waals surface area contributed by atoms with Gasteiger partial charge in [0.2, 0.25) is 5.78 Å². The molecule has 142 valence electrons. The van der Waals surface area contributed by atoms with E-state index in [1.54, 1.807) is 0 Å². The Morgan fingerprint density at radius 2 is 1.81 bits per heavy atom. The molecule has 0 fully saturated rings. The molecular weight excluding hydrogens is 350 g/mol. The van der Waals surface area contributed by atoms with Gasteiger partial charge in [0.15, 0.2) is 12.4 Å². The van der Waals surface area contributed by atoms with Gasteiger partial charge in [-0.15, -0.1) is 0 Å². The third kappa shape index (κ3) is 4.69. The lowest BCUT2D eigenvalue weighted by Gasteiger charge is -2.10. The molecule has 7 nitrogen and oxygen atoms in total. The predicted molar refractivity (Wildman–Crippen MR) is 99.5 cm³/mol. The fraction of sp³-hybridized carbons (Fsp3) is 0.300. The van der Waals surface area contributed by atoms with Crippen LogP contribution in [0.2, 0.25) is 0 Å². The van der Waals surface area contributed by atoms with E-state index in [9.17, 15) is 19.7 Å². The Morgan fingerprint density at radius 3 is 2.41 bits per heavy atom. The molecule has 0 aliphatic rings. The summed E-state index contributed by atoms with van der Waals surface area (Å²) >= 11 is 0. The summed E-state index contributed by atoms with van der Waals surface area (Å²) in [5, 5.41) is 11.1. The molecule has 2 aromatic rings. The molecule has 0 aliphatic carbocycles. The molecule has 2 aromatic carbocycles. The summed E-state index contributed by atoms with van der Waals surface area (Å²) in [7, 11) is 1.30. The Kier molecular flexibility index (Phi) is 6.65. The smallest absolute Gasteiger partial charge is 0.338 e. The van der Waals surface area contributed by atoms with Crippen molar-refractivity contribution in [1.82, 2.24) is 0 Å². The standard InChI is InChI=1S/C20H21NO6/c1-4-13-6-7-14(5-2)16(10-13)18(22)12-27-20(23)15-8-9-19(26-3)17(11-15)21(24)25/h6-11H,4-5,12H2,1-3H3. The molecule has 2 rings (SSSR count). The van der Waals surface area contributed by atoms with Gasteiger partial charge in [-0.1, -0.05) is 26.0 Å². The summed E-state index contributed by atoms with van der Waals surface area (Å²) in [4.78, 5) is 35.1. The molecule has 0 radical (unpaired) electrons. The van der Waals surface area contributed by atoms with Crippen molar-refractivity contribution in [3.63, 3.8) is 0 Å². The highest BCUT2D eigenvalue weighted by atomic mass is 16.6. The summed E-state index contributed by atoms with van der Waals surface area (Å²) in [5.41, 5.74) is 2.07. The Labute approximate surface area is 157 Å². The van der Waals surface area contributed by atoms with Gasteiger partial charge in [-0.25, -0.2) is 4.79 Å². The normalized spacial score (nSPS) is 10.3. The van der Waals surface area contributed by atoms with Crippen LogP contribution in [0.1, 0.15) is 45.7 Å². The number of esters is 1. The van der Waals surface area contributed by atoms with E-state index >= 15 is 0 Å². The van der Waals surface area contributed by atoms with E-state index in [-0.39, 0.29) is 22.8 Å². The van der Waals surface area contributed by atoms with Gasteiger partial charge >= 0.3 is 11.7 Å². The second-order valence-corrected chi connectivity index (χ2v) is 5.84. The maximum Gasteiger partial charge on any atom is 0.338 e. The Bertz CT molecular complexity index is 875. The fourth-order valence-corrected chi connectivity index (χ4v) is 2.66. The first-order valence-electron chi connectivity index (χ1n) is 8.55. The zero-order chi connectivity index (χ0) is 20.0. The van der Waals surface area contributed by atoms with Crippen LogP contribution in [0.25, 0.3) is 0 Å². The predicted octanol–water partition coefficient (Wildman–Crippen LogP) is 3.77. The molecule has 27 heavy (non-hydrogen) atoms. The van der Waals surface area contributed by atoms with E-state index in [0.29, 0.717) is 12.0 Å². The van der Waals surface area contributed by atoms with Crippen molar-refractivity contribution in [3.8, 4) is 5.75 Å². The molecule has 0 aliphatic heterocycles. The molecule has 0 saturated heterocycles. The van der Waals surface area contributed by atoms with Gasteiger partial charge in [-0.2, -0.15) is 0 Å². The topological polar surface area (TPSA) is 95.7 Å². The Balaban J connectivity index is 2.15. The van der Waals surface area contributed by atoms with Crippen molar-refractivity contribution in [2.45, 2.75) is 26.7 Å². The van der Waals surface area contributed by atoms with Gasteiger partial charge in [0.1, 0.15) is 0 Å². The number of ketones is 1. The number of carbonyl (C=O) groups excluding carboxylic acids is 2. The number of rotatable bonds is 8. The molecule has 0 saturated carbocycles. The average Bonchev–Trinajstić information content (AvgIpc) is 2.70. The van der Waals surface area contributed by atoms with Crippen LogP contribution in [-0.2, 0) is 17.6 Å². The lowest BCUT2D eigenvalue weighted by molar-refractivity contribution is -0.385. The molecule has 0 unspecified atom stereocenters. The summed E-state index contributed by atoms with van der Waals surface area (Å²) in [5.74, 6) is -1.08. The lowest BCUT2D eigenvalue weighted by Crippen LogP contribution is -2.16. The zero-order valence-corrected chi connectivity index (χ0v) is 15.5. The van der Waals surface area contributed by atoms with Crippen LogP contribution >= 0.6 is 0 Å². The number of aryl methyl sites for hydroxylation is 2. The van der Waals surface area contributed by atoms with E-state index in [2.05, 4.69) is 0 Å². The highest BCUT2D eigenvalue weighted by Gasteiger charge is 2.20. The third-order valence-electron chi connectivity index (χ3n) is 4.21. The van der Waals surface area contributed by atoms with Crippen molar-refractivity contribution in [1.29, 1.82) is 0 Å². The summed E-state index contributed by atoms with van der Waals surface area (Å²) < 4.78 is 9.97. The molecule has 0 N–H and O–H groups in total. The average molecular weight is 371 g/mol. The second kappa shape index (κ2) is 8.93. The summed E-state index contributed by atoms with van der Waals surface area (Å²) in [6, 6.07) is 9.43. The third-order valence-corrected chi connectivity index (χ3v) is 4.21. The van der Waals surface area contributed by atoms with Crippen LogP contribution in [0.15, 0.2) is 36.4 Å². The number of nitro groups is 1. The van der Waals surface area contributed by atoms with Gasteiger partial charge in [-0.3, -0.25) is 14.9 Å². The van der Waals surface area contributed by atoms with Gasteiger partial charge in [0.25, 0.3) is 0 Å². The first-order valence-corrected chi connectivity index (χ1v) is 8.55. The van der Waals surface area contributed by atoms with Crippen molar-refractivity contribution in [2.24, 2.45) is 0 Å². The number of ether oxygens (including phenoxy) is 2. The monoisotopic (exact) mass is 371 g/mol. The van der Waals surface area contributed by atoms with E-state index < -0.39 is 17.5 Å². The molecule has 0 aromatic heterocycles. The van der Waals surface area contributed by atoms with E-state index in [4.69, 9.17) is 9.47 Å². The largest absolute Gasteiger partial charge is 0.490 e. The molecule has 0 amide bonds. The van der Waals surface area contributed by atoms with Crippen LogP contribution in [0.3, 0.4) is 0 Å². The van der Waals surface area contributed by atoms with Crippen molar-refractivity contribution >= 4 is 17.4 Å². The first-order chi connectivity index (χ1) is 12.9. The molecule has 0 spiro atoms. The second-order valence-electron chi connectivity index (χ2n) is 5.84. The molecule has 0 bridgehead atoms. The number of hydrogen-bond donors (Lipinski definition) is 0. The molecule has 7 heteroatoms. The molecule has 0 heterocycles. The van der Waals surface area contributed by atoms with Crippen LogP contribution in [0.4, 0.5) is 5.69 Å². The van der Waals surface area contributed by atoms with Crippen LogP contribution in [-0.4, -0.2) is 30.4 Å². The maximum absolute atomic E-state index is 12.5. The van der Waals surface area contributed by atoms with E-state index in [1.807, 2.05) is 32.0 Å². The summed E-state index contributed by atoms with van der Waals surface area (Å²) in [6.07, 6.45) is 1.48. The van der Waals surface area contributed by atoms with E-state index in [1.165, 1.54) is 19.2 Å². The number of nitro benzene ring substituents is 1. The Hall–Kier alpha value is -3.22. The maximum atomic E-state index is 12.5. The molecular formula is C20H21NO6. The highest BCUT2D eigenvalue weighted by molar-refractivity contribution is 6.00. The van der Waals surface area contributed by atoms with Gasteiger partial charge in [-0.05, 0) is 42.2 Å². The minimum Gasteiger partial charge on any atom is -0.490 e. The van der Waals surface area contributed by atoms with Crippen LogP contribution in [0, 0.1) is 10.1 Å². The minimum absolute atomic E-state index is 0.0201. The van der Waals surface area contributed by atoms with E-state index in [0.717, 1.165) is 23.6 Å². The lowest BCUT2D eigenvalue weighted by atomic mass is 9.98. The zero-order valence-electron chi connectivity index (χ0n) is 15.5.